The van der Waals surface area contributed by atoms with Crippen molar-refractivity contribution in [3.8, 4) is 22.8 Å². The van der Waals surface area contributed by atoms with Crippen molar-refractivity contribution in [2.75, 3.05) is 18.2 Å². The molecule has 0 radical (unpaired) electrons. The van der Waals surface area contributed by atoms with Gasteiger partial charge < -0.3 is 19.4 Å². The Hall–Kier alpha value is -3.28. The van der Waals surface area contributed by atoms with E-state index in [0.29, 0.717) is 23.4 Å². The summed E-state index contributed by atoms with van der Waals surface area (Å²) in [7, 11) is -2.05. The molecule has 1 aliphatic heterocycles. The Kier molecular flexibility index (Phi) is 5.07. The van der Waals surface area contributed by atoms with E-state index in [1.807, 2.05) is 0 Å². The monoisotopic (exact) mass is 466 g/mol. The van der Waals surface area contributed by atoms with Gasteiger partial charge in [0, 0.05) is 50.4 Å². The lowest BCUT2D eigenvalue weighted by molar-refractivity contribution is -0.114. The number of nitrogens with one attached hydrogen (secondary N) is 1. The lowest BCUT2D eigenvalue weighted by Gasteiger charge is -2.31. The van der Waals surface area contributed by atoms with Crippen LogP contribution in [0.5, 0.6) is 11.5 Å². The summed E-state index contributed by atoms with van der Waals surface area (Å²) in [5.41, 5.74) is 1.25. The van der Waals surface area contributed by atoms with E-state index in [1.165, 1.54) is 6.92 Å². The largest absolute Gasteiger partial charge is 0.483 e. The number of anilines is 1. The third-order valence-corrected chi connectivity index (χ3v) is 5.91. The third kappa shape index (κ3) is 3.97. The molecule has 3 aromatic rings. The lowest BCUT2D eigenvalue weighted by Crippen LogP contribution is -2.42. The van der Waals surface area contributed by atoms with Gasteiger partial charge in [0.2, 0.25) is 5.91 Å². The van der Waals surface area contributed by atoms with E-state index in [4.69, 9.17) is 9.47 Å². The molecular formula is C20H20F2N4O5S. The predicted octanol–water partition coefficient (Wildman–Crippen LogP) is 2.79. The number of pyridine rings is 2. The van der Waals surface area contributed by atoms with Crippen LogP contribution in [0.15, 0.2) is 29.6 Å². The summed E-state index contributed by atoms with van der Waals surface area (Å²) in [6.07, 6.45) is 2.61. The number of fused-ring (bicyclic) bond motifs is 2. The maximum atomic E-state index is 13.8. The summed E-state index contributed by atoms with van der Waals surface area (Å²) in [6, 6.07) is 2.70. The minimum Gasteiger partial charge on any atom is -0.483 e. The van der Waals surface area contributed by atoms with E-state index in [2.05, 4.69) is 15.3 Å². The van der Waals surface area contributed by atoms with Crippen LogP contribution in [-0.2, 0) is 21.7 Å². The van der Waals surface area contributed by atoms with Gasteiger partial charge in [0.1, 0.15) is 18.1 Å². The number of carbonyl (C=O) groups excluding carboxylic acids is 1. The molecule has 1 N–H and O–H groups in total. The first-order chi connectivity index (χ1) is 14.8. The first-order valence-corrected chi connectivity index (χ1v) is 11.4. The fourth-order valence-corrected chi connectivity index (χ4v) is 3.98. The second kappa shape index (κ2) is 7.40. The van der Waals surface area contributed by atoms with Gasteiger partial charge in [-0.3, -0.25) is 4.79 Å². The molecule has 4 heterocycles. The number of aromatic nitrogens is 3. The highest BCUT2D eigenvalue weighted by atomic mass is 32.2. The maximum absolute atomic E-state index is 13.8. The van der Waals surface area contributed by atoms with Crippen molar-refractivity contribution in [3.63, 3.8) is 0 Å². The van der Waals surface area contributed by atoms with Gasteiger partial charge in [0.15, 0.2) is 32.5 Å². The van der Waals surface area contributed by atoms with Gasteiger partial charge in [-0.2, -0.15) is 0 Å². The molecule has 1 atom stereocenters. The summed E-state index contributed by atoms with van der Waals surface area (Å²) in [6.45, 7) is 1.61. The van der Waals surface area contributed by atoms with Crippen molar-refractivity contribution < 1.29 is 31.5 Å². The lowest BCUT2D eigenvalue weighted by atomic mass is 10.1. The molecule has 4 rings (SSSR count). The van der Waals surface area contributed by atoms with E-state index in [0.717, 1.165) is 12.3 Å². The smallest absolute Gasteiger partial charge is 0.284 e. The van der Waals surface area contributed by atoms with E-state index in [1.54, 1.807) is 30.1 Å². The minimum atomic E-state index is -3.80. The van der Waals surface area contributed by atoms with Crippen LogP contribution in [0.1, 0.15) is 13.8 Å². The van der Waals surface area contributed by atoms with E-state index in [9.17, 15) is 22.0 Å². The van der Waals surface area contributed by atoms with Crippen molar-refractivity contribution in [3.05, 3.63) is 24.5 Å². The number of ether oxygens (including phenoxy) is 2. The van der Waals surface area contributed by atoms with Crippen LogP contribution < -0.4 is 14.8 Å². The molecule has 0 spiro atoms. The molecule has 9 nitrogen and oxygen atoms in total. The third-order valence-electron chi connectivity index (χ3n) is 4.94. The van der Waals surface area contributed by atoms with Gasteiger partial charge in [0.05, 0.1) is 11.7 Å². The fourth-order valence-electron chi connectivity index (χ4n) is 3.40. The summed E-state index contributed by atoms with van der Waals surface area (Å²) < 4.78 is 65.0. The maximum Gasteiger partial charge on any atom is 0.284 e. The molecule has 1 aliphatic rings. The molecule has 0 aromatic carbocycles. The quantitative estimate of drug-likeness (QED) is 0.629. The van der Waals surface area contributed by atoms with Gasteiger partial charge in [-0.05, 0) is 6.07 Å². The van der Waals surface area contributed by atoms with Crippen molar-refractivity contribution in [2.24, 2.45) is 7.05 Å². The van der Waals surface area contributed by atoms with Gasteiger partial charge >= 0.3 is 0 Å². The van der Waals surface area contributed by atoms with Crippen molar-refractivity contribution in [1.82, 2.24) is 14.5 Å². The number of hydrogen-bond acceptors (Lipinski definition) is 7. The molecule has 32 heavy (non-hydrogen) atoms. The fraction of sp³-hybridized carbons (Fsp3) is 0.350. The summed E-state index contributed by atoms with van der Waals surface area (Å²) in [5.74, 6) is -3.31. The van der Waals surface area contributed by atoms with Crippen LogP contribution in [0.4, 0.5) is 14.6 Å². The molecule has 3 aromatic heterocycles. The van der Waals surface area contributed by atoms with E-state index < -0.39 is 28.5 Å². The highest BCUT2D eigenvalue weighted by Crippen LogP contribution is 2.45. The molecule has 170 valence electrons. The number of sulfone groups is 1. The number of rotatable bonds is 4. The van der Waals surface area contributed by atoms with Crippen LogP contribution in [0.2, 0.25) is 0 Å². The number of hydrogen-bond donors (Lipinski definition) is 1. The molecule has 12 heteroatoms. The van der Waals surface area contributed by atoms with Crippen LogP contribution >= 0.6 is 0 Å². The SMILES string of the molecule is CC(=O)Nc1cc2c(-c3nc(S(C)(=O)=O)cc4c3OCC(C(C)(F)F)O4)cn(C)c2cn1. The zero-order chi connectivity index (χ0) is 23.4. The van der Waals surface area contributed by atoms with Crippen LogP contribution in [0.3, 0.4) is 0 Å². The average Bonchev–Trinajstić information content (AvgIpc) is 3.00. The summed E-state index contributed by atoms with van der Waals surface area (Å²) in [4.78, 5) is 19.9. The molecule has 0 saturated heterocycles. The minimum absolute atomic E-state index is 0.0586. The Morgan fingerprint density at radius 3 is 2.69 bits per heavy atom. The summed E-state index contributed by atoms with van der Waals surface area (Å²) in [5, 5.41) is 2.84. The topological polar surface area (TPSA) is 112 Å². The highest BCUT2D eigenvalue weighted by Gasteiger charge is 2.41. The average molecular weight is 466 g/mol. The number of nitrogens with zero attached hydrogens (tertiary/aromatic N) is 3. The van der Waals surface area contributed by atoms with Crippen LogP contribution in [0.25, 0.3) is 22.2 Å². The molecule has 0 aliphatic carbocycles. The van der Waals surface area contributed by atoms with Gasteiger partial charge in [-0.15, -0.1) is 0 Å². The molecule has 1 amide bonds. The predicted molar refractivity (Wildman–Crippen MR) is 112 cm³/mol. The second-order valence-electron chi connectivity index (χ2n) is 7.70. The first kappa shape index (κ1) is 21.9. The van der Waals surface area contributed by atoms with Gasteiger partial charge in [-0.25, -0.2) is 27.2 Å². The Morgan fingerprint density at radius 1 is 1.34 bits per heavy atom. The zero-order valence-corrected chi connectivity index (χ0v) is 18.5. The molecule has 0 fully saturated rings. The van der Waals surface area contributed by atoms with Gasteiger partial charge in [-0.1, -0.05) is 0 Å². The molecule has 1 unspecified atom stereocenters. The Balaban J connectivity index is 1.96. The Bertz CT molecular complexity index is 1350. The van der Waals surface area contributed by atoms with Crippen molar-refractivity contribution in [2.45, 2.75) is 30.9 Å². The number of aryl methyl sites for hydroxylation is 1. The summed E-state index contributed by atoms with van der Waals surface area (Å²) >= 11 is 0. The van der Waals surface area contributed by atoms with E-state index >= 15 is 0 Å². The number of alkyl halides is 2. The Labute approximate surface area is 182 Å². The number of carbonyl (C=O) groups is 1. The molecule has 0 saturated carbocycles. The zero-order valence-electron chi connectivity index (χ0n) is 17.6. The van der Waals surface area contributed by atoms with Crippen molar-refractivity contribution >= 4 is 32.5 Å². The standard InChI is InChI=1S/C20H20F2N4O5S/c1-10(27)24-16-5-11-12(8-26(3)13(11)7-23-16)18-19-14(6-17(25-18)32(4,28)29)31-15(9-30-19)20(2,21)22/h5-8,15H,9H2,1-4H3,(H,23,24,27). The Morgan fingerprint density at radius 2 is 2.06 bits per heavy atom. The number of halogens is 2. The van der Waals surface area contributed by atoms with Gasteiger partial charge in [0.25, 0.3) is 5.92 Å². The number of amides is 1. The molecule has 0 bridgehead atoms. The van der Waals surface area contributed by atoms with E-state index in [-0.39, 0.29) is 33.9 Å². The molecular weight excluding hydrogens is 446 g/mol. The normalized spacial score (nSPS) is 16.2. The van der Waals surface area contributed by atoms with Crippen LogP contribution in [-0.4, -0.2) is 53.7 Å². The van der Waals surface area contributed by atoms with Crippen molar-refractivity contribution in [1.29, 1.82) is 0 Å². The highest BCUT2D eigenvalue weighted by molar-refractivity contribution is 7.90. The first-order valence-electron chi connectivity index (χ1n) is 9.50. The van der Waals surface area contributed by atoms with Crippen LogP contribution in [0, 0.1) is 0 Å². The second-order valence-corrected chi connectivity index (χ2v) is 9.67.